The van der Waals surface area contributed by atoms with E-state index < -0.39 is 5.60 Å². The number of amides is 3. The van der Waals surface area contributed by atoms with Crippen LogP contribution in [-0.2, 0) is 25.7 Å². The summed E-state index contributed by atoms with van der Waals surface area (Å²) in [6, 6.07) is 5.51. The van der Waals surface area contributed by atoms with Crippen molar-refractivity contribution in [2.24, 2.45) is 17.8 Å². The van der Waals surface area contributed by atoms with Crippen molar-refractivity contribution in [3.63, 3.8) is 0 Å². The van der Waals surface area contributed by atoms with E-state index in [-0.39, 0.29) is 36.2 Å². The fourth-order valence-electron chi connectivity index (χ4n) is 6.96. The number of ether oxygens (including phenoxy) is 1. The molecule has 1 aromatic rings. The maximum atomic E-state index is 13.5. The summed E-state index contributed by atoms with van der Waals surface area (Å²) in [6.45, 7) is 4.99. The maximum absolute atomic E-state index is 13.5. The van der Waals surface area contributed by atoms with Crippen LogP contribution in [0.1, 0.15) is 57.4 Å². The molecule has 0 spiro atoms. The van der Waals surface area contributed by atoms with E-state index in [0.717, 1.165) is 63.6 Å². The molecule has 5 rings (SSSR count). The number of carbonyl (C=O) groups is 3. The van der Waals surface area contributed by atoms with Gasteiger partial charge in [0.25, 0.3) is 5.91 Å². The number of piperidine rings is 1. The Morgan fingerprint density at radius 1 is 1.13 bits per heavy atom. The predicted molar refractivity (Wildman–Crippen MR) is 150 cm³/mol. The Bertz CT molecular complexity index is 1090. The van der Waals surface area contributed by atoms with Crippen LogP contribution in [0, 0.1) is 17.8 Å². The zero-order valence-electron chi connectivity index (χ0n) is 23.0. The van der Waals surface area contributed by atoms with E-state index in [0.29, 0.717) is 41.7 Å². The molecule has 0 bridgehead atoms. The first-order valence-corrected chi connectivity index (χ1v) is 15.0. The Hall–Kier alpha value is -1.87. The molecule has 4 atom stereocenters. The van der Waals surface area contributed by atoms with Gasteiger partial charge in [-0.2, -0.15) is 0 Å². The van der Waals surface area contributed by atoms with Crippen molar-refractivity contribution < 1.29 is 19.1 Å². The quantitative estimate of drug-likeness (QED) is 0.553. The number of benzene rings is 1. The number of hydrogen-bond donors (Lipinski definition) is 1. The van der Waals surface area contributed by atoms with Crippen LogP contribution in [0.3, 0.4) is 0 Å². The lowest BCUT2D eigenvalue weighted by Gasteiger charge is -2.46. The summed E-state index contributed by atoms with van der Waals surface area (Å²) >= 11 is 12.1. The third kappa shape index (κ3) is 6.24. The van der Waals surface area contributed by atoms with Gasteiger partial charge in [-0.3, -0.25) is 19.7 Å². The van der Waals surface area contributed by atoms with Crippen molar-refractivity contribution in [2.75, 3.05) is 40.0 Å². The highest BCUT2D eigenvalue weighted by Crippen LogP contribution is 2.40. The lowest BCUT2D eigenvalue weighted by atomic mass is 9.69. The van der Waals surface area contributed by atoms with Crippen LogP contribution in [0.15, 0.2) is 18.2 Å². The molecule has 214 valence electrons. The van der Waals surface area contributed by atoms with Crippen molar-refractivity contribution in [1.29, 1.82) is 0 Å². The van der Waals surface area contributed by atoms with E-state index >= 15 is 0 Å². The minimum absolute atomic E-state index is 0.0544. The first-order valence-electron chi connectivity index (χ1n) is 14.3. The van der Waals surface area contributed by atoms with Crippen LogP contribution in [0.25, 0.3) is 0 Å². The minimum atomic E-state index is -0.651. The molecule has 1 aromatic carbocycles. The Morgan fingerprint density at radius 2 is 1.90 bits per heavy atom. The van der Waals surface area contributed by atoms with Gasteiger partial charge in [-0.15, -0.1) is 0 Å². The Kier molecular flexibility index (Phi) is 8.77. The van der Waals surface area contributed by atoms with Gasteiger partial charge in [0.05, 0.1) is 22.6 Å². The summed E-state index contributed by atoms with van der Waals surface area (Å²) in [5.74, 6) is 1.00. The lowest BCUT2D eigenvalue weighted by molar-refractivity contribution is -0.153. The largest absolute Gasteiger partial charge is 0.365 e. The number of hydrogen-bond acceptors (Lipinski definition) is 5. The number of nitrogens with zero attached hydrogens (tertiary/aromatic N) is 3. The molecule has 1 aliphatic carbocycles. The summed E-state index contributed by atoms with van der Waals surface area (Å²) in [5, 5.41) is 4.46. The molecule has 3 amide bonds. The lowest BCUT2D eigenvalue weighted by Crippen LogP contribution is -2.60. The molecule has 3 aliphatic heterocycles. The predicted octanol–water partition coefficient (Wildman–Crippen LogP) is 3.93. The van der Waals surface area contributed by atoms with Gasteiger partial charge >= 0.3 is 0 Å². The minimum Gasteiger partial charge on any atom is -0.365 e. The average molecular weight is 580 g/mol. The number of rotatable bonds is 6. The van der Waals surface area contributed by atoms with Crippen LogP contribution in [0.5, 0.6) is 0 Å². The van der Waals surface area contributed by atoms with Gasteiger partial charge in [0.1, 0.15) is 12.1 Å². The van der Waals surface area contributed by atoms with Gasteiger partial charge in [-0.1, -0.05) is 29.3 Å². The normalized spacial score (nSPS) is 29.8. The molecule has 0 aromatic heterocycles. The molecule has 39 heavy (non-hydrogen) atoms. The van der Waals surface area contributed by atoms with E-state index in [1.54, 1.807) is 29.0 Å². The van der Waals surface area contributed by atoms with Gasteiger partial charge < -0.3 is 19.4 Å². The summed E-state index contributed by atoms with van der Waals surface area (Å²) < 4.78 is 5.78. The SMILES string of the molecule is CN(Cc1ccc(Cl)c(Cl)c1)C(=O)CN1CNC2CCC(C3CCN(C(=O)C4(C)CCCO4)CC3)CC2C1=O. The number of nitrogens with one attached hydrogen (secondary N) is 1. The number of fused-ring (bicyclic) bond motifs is 1. The van der Waals surface area contributed by atoms with Crippen LogP contribution in [0.2, 0.25) is 10.0 Å². The van der Waals surface area contributed by atoms with Gasteiger partial charge in [0, 0.05) is 39.3 Å². The van der Waals surface area contributed by atoms with Crippen molar-refractivity contribution in [3.8, 4) is 0 Å². The third-order valence-corrected chi connectivity index (χ3v) is 10.1. The zero-order chi connectivity index (χ0) is 27.7. The molecule has 1 N–H and O–H groups in total. The van der Waals surface area contributed by atoms with Crippen molar-refractivity contribution in [3.05, 3.63) is 33.8 Å². The third-order valence-electron chi connectivity index (χ3n) is 9.38. The summed E-state index contributed by atoms with van der Waals surface area (Å²) in [7, 11) is 1.74. The van der Waals surface area contributed by atoms with Crippen molar-refractivity contribution in [1.82, 2.24) is 20.0 Å². The molecule has 3 heterocycles. The number of likely N-dealkylation sites (N-methyl/N-ethyl adjacent to an activating group) is 1. The smallest absolute Gasteiger partial charge is 0.254 e. The second-order valence-corrected chi connectivity index (χ2v) is 12.8. The van der Waals surface area contributed by atoms with Gasteiger partial charge in [0.2, 0.25) is 11.8 Å². The number of halogens is 2. The molecular formula is C29H40Cl2N4O4. The van der Waals surface area contributed by atoms with E-state index in [2.05, 4.69) is 5.32 Å². The van der Waals surface area contributed by atoms with Gasteiger partial charge in [-0.25, -0.2) is 0 Å². The molecule has 4 unspecified atom stereocenters. The maximum Gasteiger partial charge on any atom is 0.254 e. The van der Waals surface area contributed by atoms with Crippen LogP contribution in [-0.4, -0.2) is 84.0 Å². The number of likely N-dealkylation sites (tertiary alicyclic amines) is 1. The standard InChI is InChI=1S/C29H40Cl2N4O4/c1-29(10-3-13-39-29)28(38)34-11-8-20(9-12-34)21-5-7-25-22(15-21)27(37)35(18-32-25)17-26(36)33(2)16-19-4-6-23(30)24(31)14-19/h4,6,14,20-22,25,32H,3,5,7-13,15-18H2,1-2H3. The second kappa shape index (κ2) is 11.9. The van der Waals surface area contributed by atoms with E-state index in [4.69, 9.17) is 27.9 Å². The molecule has 4 aliphatic rings. The Labute approximate surface area is 241 Å². The van der Waals surface area contributed by atoms with Crippen molar-refractivity contribution >= 4 is 40.9 Å². The summed E-state index contributed by atoms with van der Waals surface area (Å²) in [4.78, 5) is 44.8. The Morgan fingerprint density at radius 3 is 2.59 bits per heavy atom. The van der Waals surface area contributed by atoms with Gasteiger partial charge in [-0.05, 0) is 81.4 Å². The summed E-state index contributed by atoms with van der Waals surface area (Å²) in [6.07, 6.45) is 6.63. The Balaban J connectivity index is 1.13. The zero-order valence-corrected chi connectivity index (χ0v) is 24.5. The summed E-state index contributed by atoms with van der Waals surface area (Å²) in [5.41, 5.74) is 0.234. The van der Waals surface area contributed by atoms with E-state index in [9.17, 15) is 14.4 Å². The monoisotopic (exact) mass is 578 g/mol. The van der Waals surface area contributed by atoms with Crippen LogP contribution in [0.4, 0.5) is 0 Å². The highest BCUT2D eigenvalue weighted by molar-refractivity contribution is 6.42. The van der Waals surface area contributed by atoms with E-state index in [1.165, 1.54) is 0 Å². The molecule has 0 radical (unpaired) electrons. The van der Waals surface area contributed by atoms with E-state index in [1.807, 2.05) is 17.9 Å². The fraction of sp³-hybridized carbons (Fsp3) is 0.690. The molecule has 10 heteroatoms. The topological polar surface area (TPSA) is 82.2 Å². The fourth-order valence-corrected chi connectivity index (χ4v) is 7.28. The van der Waals surface area contributed by atoms with Crippen LogP contribution >= 0.6 is 23.2 Å². The second-order valence-electron chi connectivity index (χ2n) is 12.0. The van der Waals surface area contributed by atoms with Crippen molar-refractivity contribution in [2.45, 2.75) is 70.1 Å². The average Bonchev–Trinajstić information content (AvgIpc) is 3.39. The molecule has 1 saturated carbocycles. The highest BCUT2D eigenvalue weighted by Gasteiger charge is 2.45. The highest BCUT2D eigenvalue weighted by atomic mass is 35.5. The van der Waals surface area contributed by atoms with Gasteiger partial charge in [0.15, 0.2) is 0 Å². The first-order chi connectivity index (χ1) is 18.6. The molecule has 4 fully saturated rings. The first kappa shape index (κ1) is 28.7. The molecule has 3 saturated heterocycles. The number of carbonyl (C=O) groups excluding carboxylic acids is 3. The molecular weight excluding hydrogens is 539 g/mol. The van der Waals surface area contributed by atoms with Crippen LogP contribution < -0.4 is 5.32 Å². The molecule has 8 nitrogen and oxygen atoms in total.